The van der Waals surface area contributed by atoms with Gasteiger partial charge in [-0.1, -0.05) is 55.4 Å². The predicted molar refractivity (Wildman–Crippen MR) is 89.0 cm³/mol. The number of nitrogens with zero attached hydrogens (tertiary/aromatic N) is 1. The Morgan fingerprint density at radius 3 is 2.71 bits per heavy atom. The van der Waals surface area contributed by atoms with Crippen LogP contribution < -0.4 is 11.1 Å². The summed E-state index contributed by atoms with van der Waals surface area (Å²) in [6.07, 6.45) is 2.30. The van der Waals surface area contributed by atoms with Crippen LogP contribution in [0.15, 0.2) is 46.6 Å². The fraction of sp³-hybridized carbons (Fsp3) is 0.375. The zero-order chi connectivity index (χ0) is 15.2. The minimum atomic E-state index is -0.421. The van der Waals surface area contributed by atoms with Crippen LogP contribution in [-0.2, 0) is 4.79 Å². The molecule has 1 aromatic rings. The van der Waals surface area contributed by atoms with Crippen LogP contribution in [0.3, 0.4) is 0 Å². The van der Waals surface area contributed by atoms with Gasteiger partial charge in [0.15, 0.2) is 5.17 Å². The Morgan fingerprint density at radius 1 is 1.38 bits per heavy atom. The van der Waals surface area contributed by atoms with Gasteiger partial charge in [0.25, 0.3) is 0 Å². The van der Waals surface area contributed by atoms with Crippen LogP contribution in [0, 0.1) is 0 Å². The second kappa shape index (κ2) is 7.31. The molecule has 3 N–H and O–H groups in total. The number of thioether (sulfide) groups is 1. The number of aliphatic imine (C=N–C) groups is 1. The van der Waals surface area contributed by atoms with E-state index in [1.807, 2.05) is 37.3 Å². The van der Waals surface area contributed by atoms with Crippen LogP contribution in [0.25, 0.3) is 0 Å². The number of nitrogens with two attached hydrogens (primary N) is 1. The lowest BCUT2D eigenvalue weighted by atomic mass is 9.96. The molecule has 0 unspecified atom stereocenters. The van der Waals surface area contributed by atoms with Gasteiger partial charge in [-0.15, -0.1) is 0 Å². The van der Waals surface area contributed by atoms with Crippen molar-refractivity contribution in [2.75, 3.05) is 5.75 Å². The molecule has 1 aliphatic rings. The molecule has 0 bridgehead atoms. The van der Waals surface area contributed by atoms with Crippen molar-refractivity contribution in [1.82, 2.24) is 5.32 Å². The summed E-state index contributed by atoms with van der Waals surface area (Å²) in [6.45, 7) is 4.05. The van der Waals surface area contributed by atoms with E-state index in [1.165, 1.54) is 0 Å². The van der Waals surface area contributed by atoms with Gasteiger partial charge in [-0.3, -0.25) is 4.79 Å². The van der Waals surface area contributed by atoms with E-state index in [9.17, 15) is 4.79 Å². The van der Waals surface area contributed by atoms with Gasteiger partial charge in [-0.05, 0) is 18.9 Å². The van der Waals surface area contributed by atoms with Crippen LogP contribution >= 0.6 is 11.8 Å². The Labute approximate surface area is 129 Å². The number of amidine groups is 1. The van der Waals surface area contributed by atoms with Gasteiger partial charge in [0.1, 0.15) is 6.04 Å². The Balaban J connectivity index is 2.29. The summed E-state index contributed by atoms with van der Waals surface area (Å²) in [4.78, 5) is 16.5. The van der Waals surface area contributed by atoms with Gasteiger partial charge in [0.05, 0.1) is 5.57 Å². The molecule has 0 saturated carbocycles. The predicted octanol–water partition coefficient (Wildman–Crippen LogP) is 2.98. The number of benzene rings is 1. The van der Waals surface area contributed by atoms with Crippen molar-refractivity contribution in [3.63, 3.8) is 0 Å². The number of allylic oxidation sites excluding steroid dienone is 1. The van der Waals surface area contributed by atoms with Crippen molar-refractivity contribution in [3.05, 3.63) is 47.2 Å². The van der Waals surface area contributed by atoms with Crippen molar-refractivity contribution in [2.45, 2.75) is 32.7 Å². The first-order valence-electron chi connectivity index (χ1n) is 7.16. The minimum absolute atomic E-state index is 0.311. The smallest absolute Gasteiger partial charge is 0.248 e. The average Bonchev–Trinajstić information content (AvgIpc) is 2.47. The van der Waals surface area contributed by atoms with Crippen LogP contribution in [-0.4, -0.2) is 16.8 Å². The summed E-state index contributed by atoms with van der Waals surface area (Å²) in [5, 5.41) is 4.06. The maximum Gasteiger partial charge on any atom is 0.248 e. The molecule has 0 aliphatic carbocycles. The van der Waals surface area contributed by atoms with E-state index in [1.54, 1.807) is 11.8 Å². The zero-order valence-corrected chi connectivity index (χ0v) is 13.2. The third-order valence-electron chi connectivity index (χ3n) is 3.34. The highest BCUT2D eigenvalue weighted by Gasteiger charge is 2.27. The molecule has 0 spiro atoms. The standard InChI is InChI=1S/C16H21N3OS/c1-3-4-10-21-16-18-11(2)13(15(17)20)14(19-16)12-8-6-5-7-9-12/h5-9,14H,3-4,10H2,1-2H3,(H2,17,20)(H,18,19)/t14-/m1/s1. The molecule has 1 heterocycles. The van der Waals surface area contributed by atoms with Crippen LogP contribution in [0.2, 0.25) is 0 Å². The van der Waals surface area contributed by atoms with Crippen molar-refractivity contribution >= 4 is 22.8 Å². The Kier molecular flexibility index (Phi) is 5.44. The highest BCUT2D eigenvalue weighted by molar-refractivity contribution is 8.13. The van der Waals surface area contributed by atoms with E-state index in [2.05, 4.69) is 17.2 Å². The monoisotopic (exact) mass is 303 g/mol. The van der Waals surface area contributed by atoms with Gasteiger partial charge in [0.2, 0.25) is 5.91 Å². The third-order valence-corrected chi connectivity index (χ3v) is 4.31. The molecular formula is C16H21N3OS. The molecule has 5 heteroatoms. The van der Waals surface area contributed by atoms with Crippen LogP contribution in [0.5, 0.6) is 0 Å². The van der Waals surface area contributed by atoms with Gasteiger partial charge < -0.3 is 11.1 Å². The molecule has 1 amide bonds. The molecule has 2 rings (SSSR count). The summed E-state index contributed by atoms with van der Waals surface area (Å²) in [6, 6.07) is 9.49. The number of carbonyl (C=O) groups excluding carboxylic acids is 1. The first kappa shape index (κ1) is 15.6. The summed E-state index contributed by atoms with van der Waals surface area (Å²) in [5.74, 6) is 0.596. The Bertz CT molecular complexity index is 566. The second-order valence-corrected chi connectivity index (χ2v) is 6.06. The minimum Gasteiger partial charge on any atom is -0.366 e. The highest BCUT2D eigenvalue weighted by atomic mass is 32.2. The highest BCUT2D eigenvalue weighted by Crippen LogP contribution is 2.31. The number of hydrogen-bond acceptors (Lipinski definition) is 4. The molecule has 1 aromatic carbocycles. The van der Waals surface area contributed by atoms with Crippen LogP contribution in [0.1, 0.15) is 38.3 Å². The molecule has 4 nitrogen and oxygen atoms in total. The van der Waals surface area contributed by atoms with E-state index in [-0.39, 0.29) is 6.04 Å². The number of nitrogens with one attached hydrogen (secondary N) is 1. The summed E-state index contributed by atoms with van der Waals surface area (Å²) in [7, 11) is 0. The molecule has 1 atom stereocenters. The van der Waals surface area contributed by atoms with E-state index in [0.29, 0.717) is 5.57 Å². The molecular weight excluding hydrogens is 282 g/mol. The lowest BCUT2D eigenvalue weighted by Crippen LogP contribution is -2.32. The first-order chi connectivity index (χ1) is 10.1. The van der Waals surface area contributed by atoms with E-state index >= 15 is 0 Å². The number of carbonyl (C=O) groups is 1. The van der Waals surface area contributed by atoms with Gasteiger partial charge >= 0.3 is 0 Å². The topological polar surface area (TPSA) is 67.5 Å². The van der Waals surface area contributed by atoms with Crippen molar-refractivity contribution in [3.8, 4) is 0 Å². The Hall–Kier alpha value is -1.75. The maximum absolute atomic E-state index is 11.8. The largest absolute Gasteiger partial charge is 0.366 e. The van der Waals surface area contributed by atoms with Gasteiger partial charge in [0, 0.05) is 11.4 Å². The second-order valence-electron chi connectivity index (χ2n) is 4.98. The number of primary amides is 1. The number of unbranched alkanes of at least 4 members (excludes halogenated alkanes) is 1. The van der Waals surface area contributed by atoms with E-state index < -0.39 is 5.91 Å². The molecule has 21 heavy (non-hydrogen) atoms. The quantitative estimate of drug-likeness (QED) is 0.822. The number of amides is 1. The van der Waals surface area contributed by atoms with Crippen molar-refractivity contribution in [1.29, 1.82) is 0 Å². The fourth-order valence-electron chi connectivity index (χ4n) is 2.23. The number of hydrogen-bond donors (Lipinski definition) is 2. The van der Waals surface area contributed by atoms with Crippen LogP contribution in [0.4, 0.5) is 0 Å². The summed E-state index contributed by atoms with van der Waals surface area (Å²) < 4.78 is 0. The van der Waals surface area contributed by atoms with E-state index in [0.717, 1.165) is 35.0 Å². The molecule has 0 saturated heterocycles. The normalized spacial score (nSPS) is 18.2. The van der Waals surface area contributed by atoms with Gasteiger partial charge in [-0.2, -0.15) is 0 Å². The van der Waals surface area contributed by atoms with E-state index in [4.69, 9.17) is 5.73 Å². The molecule has 1 aliphatic heterocycles. The number of rotatable bonds is 5. The third kappa shape index (κ3) is 3.88. The molecule has 0 aromatic heterocycles. The molecule has 0 fully saturated rings. The molecule has 112 valence electrons. The summed E-state index contributed by atoms with van der Waals surface area (Å²) >= 11 is 1.69. The first-order valence-corrected chi connectivity index (χ1v) is 8.15. The SMILES string of the molecule is CCCCSC1=N[C@H](c2ccccc2)C(C(N)=O)=C(C)N1. The van der Waals surface area contributed by atoms with Gasteiger partial charge in [-0.25, -0.2) is 4.99 Å². The fourth-order valence-corrected chi connectivity index (χ4v) is 3.26. The van der Waals surface area contributed by atoms with Crippen molar-refractivity contribution in [2.24, 2.45) is 10.7 Å². The average molecular weight is 303 g/mol. The summed E-state index contributed by atoms with van der Waals surface area (Å²) in [5.41, 5.74) is 7.87. The lowest BCUT2D eigenvalue weighted by Gasteiger charge is -2.25. The Morgan fingerprint density at radius 2 is 2.10 bits per heavy atom. The molecule has 0 radical (unpaired) electrons. The lowest BCUT2D eigenvalue weighted by molar-refractivity contribution is -0.114. The van der Waals surface area contributed by atoms with Crippen molar-refractivity contribution < 1.29 is 4.79 Å². The maximum atomic E-state index is 11.8. The zero-order valence-electron chi connectivity index (χ0n) is 12.4.